The van der Waals surface area contributed by atoms with Crippen molar-refractivity contribution in [2.75, 3.05) is 0 Å². The second kappa shape index (κ2) is 7.06. The van der Waals surface area contributed by atoms with E-state index in [0.29, 0.717) is 5.56 Å². The average Bonchev–Trinajstić information content (AvgIpc) is 2.32. The monoisotopic (exact) mass is 336 g/mol. The van der Waals surface area contributed by atoms with Gasteiger partial charge < -0.3 is 10.4 Å². The maximum atomic E-state index is 11.7. The maximum Gasteiger partial charge on any atom is 0.337 e. The summed E-state index contributed by atoms with van der Waals surface area (Å²) in [6, 6.07) is 2.27. The van der Waals surface area contributed by atoms with Crippen molar-refractivity contribution in [3.63, 3.8) is 0 Å². The quantitative estimate of drug-likeness (QED) is 0.737. The lowest BCUT2D eigenvalue weighted by atomic mass is 10.1. The van der Waals surface area contributed by atoms with E-state index in [1.54, 1.807) is 0 Å². The van der Waals surface area contributed by atoms with Crippen LogP contribution in [0.15, 0.2) is 12.1 Å². The molecule has 0 saturated heterocycles. The molecule has 0 aliphatic heterocycles. The summed E-state index contributed by atoms with van der Waals surface area (Å²) in [4.78, 5) is 22.7. The fourth-order valence-electron chi connectivity index (χ4n) is 1.45. The van der Waals surface area contributed by atoms with Gasteiger partial charge in [-0.05, 0) is 26.0 Å². The van der Waals surface area contributed by atoms with Gasteiger partial charge in [0.15, 0.2) is 0 Å². The molecule has 2 amide bonds. The number of halogens is 2. The Morgan fingerprint density at radius 3 is 2.50 bits per heavy atom. The third-order valence-electron chi connectivity index (χ3n) is 2.37. The molecule has 8 heteroatoms. The number of benzene rings is 1. The number of carboxylic acids is 1. The zero-order chi connectivity index (χ0) is 15.4. The number of urea groups is 1. The second-order valence-corrected chi connectivity index (χ2v) is 5.62. The highest BCUT2D eigenvalue weighted by Gasteiger charge is 2.19. The first kappa shape index (κ1) is 16.9. The van der Waals surface area contributed by atoms with Crippen LogP contribution < -0.4 is 5.32 Å². The van der Waals surface area contributed by atoms with Crippen LogP contribution in [0.4, 0.5) is 4.79 Å². The molecule has 0 bridgehead atoms. The first-order valence-corrected chi connectivity index (χ1v) is 6.86. The van der Waals surface area contributed by atoms with E-state index < -0.39 is 12.0 Å². The van der Waals surface area contributed by atoms with Crippen LogP contribution in [0.1, 0.15) is 29.8 Å². The van der Waals surface area contributed by atoms with Crippen molar-refractivity contribution in [1.82, 2.24) is 9.62 Å². The van der Waals surface area contributed by atoms with Crippen LogP contribution >= 0.6 is 36.0 Å². The molecule has 0 aliphatic rings. The van der Waals surface area contributed by atoms with E-state index in [-0.39, 0.29) is 28.2 Å². The zero-order valence-electron chi connectivity index (χ0n) is 10.9. The first-order valence-electron chi connectivity index (χ1n) is 5.71. The Hall–Kier alpha value is -1.11. The summed E-state index contributed by atoms with van der Waals surface area (Å²) >= 11 is 16.0. The van der Waals surface area contributed by atoms with Gasteiger partial charge in [-0.2, -0.15) is 0 Å². The van der Waals surface area contributed by atoms with E-state index in [0.717, 1.165) is 4.31 Å². The van der Waals surface area contributed by atoms with Gasteiger partial charge in [0.25, 0.3) is 0 Å². The molecule has 0 spiro atoms. The molecular weight excluding hydrogens is 323 g/mol. The molecule has 5 nitrogen and oxygen atoms in total. The minimum absolute atomic E-state index is 0.00129. The maximum absolute atomic E-state index is 11.7. The van der Waals surface area contributed by atoms with Crippen molar-refractivity contribution >= 4 is 48.0 Å². The Morgan fingerprint density at radius 1 is 1.40 bits per heavy atom. The van der Waals surface area contributed by atoms with E-state index >= 15 is 0 Å². The number of carbonyl (C=O) groups is 2. The van der Waals surface area contributed by atoms with Crippen molar-refractivity contribution in [2.45, 2.75) is 26.4 Å². The van der Waals surface area contributed by atoms with Gasteiger partial charge in [-0.1, -0.05) is 36.0 Å². The van der Waals surface area contributed by atoms with Crippen molar-refractivity contribution in [1.29, 1.82) is 0 Å². The number of thiol groups is 1. The first-order chi connectivity index (χ1) is 9.23. The normalized spacial score (nSPS) is 10.5. The molecule has 0 aromatic heterocycles. The highest BCUT2D eigenvalue weighted by atomic mass is 35.5. The standard InChI is InChI=1S/C12H14Cl2N2O3S/c1-6(2)15-12(19)16(20)5-8-9(13)4-3-7(10(8)14)11(17)18/h3-4,6,20H,5H2,1-2H3,(H,15,19)(H,17,18). The third-order valence-corrected chi connectivity index (χ3v) is 3.48. The zero-order valence-corrected chi connectivity index (χ0v) is 13.3. The van der Waals surface area contributed by atoms with Crippen LogP contribution in [0, 0.1) is 0 Å². The number of hydrogen-bond acceptors (Lipinski definition) is 3. The molecule has 0 aliphatic carbocycles. The van der Waals surface area contributed by atoms with E-state index in [9.17, 15) is 9.59 Å². The Morgan fingerprint density at radius 2 is 2.00 bits per heavy atom. The van der Waals surface area contributed by atoms with E-state index in [2.05, 4.69) is 18.1 Å². The lowest BCUT2D eigenvalue weighted by Crippen LogP contribution is -2.38. The Labute approximate surface area is 132 Å². The molecule has 0 atom stereocenters. The highest BCUT2D eigenvalue weighted by Crippen LogP contribution is 2.29. The Bertz CT molecular complexity index is 538. The molecule has 0 unspecified atom stereocenters. The van der Waals surface area contributed by atoms with Gasteiger partial charge in [-0.15, -0.1) is 0 Å². The number of hydrogen-bond donors (Lipinski definition) is 3. The molecule has 1 aromatic carbocycles. The largest absolute Gasteiger partial charge is 0.478 e. The average molecular weight is 337 g/mol. The van der Waals surface area contributed by atoms with Gasteiger partial charge >= 0.3 is 12.0 Å². The third kappa shape index (κ3) is 4.19. The van der Waals surface area contributed by atoms with Crippen molar-refractivity contribution < 1.29 is 14.7 Å². The molecule has 20 heavy (non-hydrogen) atoms. The SMILES string of the molecule is CC(C)NC(=O)N(S)Cc1c(Cl)ccc(C(=O)O)c1Cl. The minimum Gasteiger partial charge on any atom is -0.478 e. The van der Waals surface area contributed by atoms with Crippen molar-refractivity contribution in [2.24, 2.45) is 0 Å². The number of nitrogens with one attached hydrogen (secondary N) is 1. The molecule has 0 heterocycles. The summed E-state index contributed by atoms with van der Waals surface area (Å²) in [5.74, 6) is -1.16. The Kier molecular flexibility index (Phi) is 5.98. The summed E-state index contributed by atoms with van der Waals surface area (Å²) in [6.45, 7) is 3.61. The van der Waals surface area contributed by atoms with Crippen molar-refractivity contribution in [3.8, 4) is 0 Å². The second-order valence-electron chi connectivity index (χ2n) is 4.35. The highest BCUT2D eigenvalue weighted by molar-refractivity contribution is 7.78. The number of amides is 2. The fourth-order valence-corrected chi connectivity index (χ4v) is 2.22. The topological polar surface area (TPSA) is 69.6 Å². The summed E-state index contributed by atoms with van der Waals surface area (Å²) in [7, 11) is 0. The minimum atomic E-state index is -1.16. The molecule has 2 N–H and O–H groups in total. The van der Waals surface area contributed by atoms with Gasteiger partial charge in [-0.3, -0.25) is 4.31 Å². The molecular formula is C12H14Cl2N2O3S. The van der Waals surface area contributed by atoms with Gasteiger partial charge in [0.2, 0.25) is 0 Å². The lowest BCUT2D eigenvalue weighted by Gasteiger charge is -2.20. The number of aromatic carboxylic acids is 1. The predicted octanol–water partition coefficient (Wildman–Crippen LogP) is 3.46. The fraction of sp³-hybridized carbons (Fsp3) is 0.333. The van der Waals surface area contributed by atoms with Gasteiger partial charge in [-0.25, -0.2) is 9.59 Å². The predicted molar refractivity (Wildman–Crippen MR) is 81.6 cm³/mol. The van der Waals surface area contributed by atoms with E-state index in [4.69, 9.17) is 28.3 Å². The van der Waals surface area contributed by atoms with Gasteiger partial charge in [0.1, 0.15) is 0 Å². The molecule has 110 valence electrons. The van der Waals surface area contributed by atoms with Crippen LogP contribution in [-0.4, -0.2) is 27.5 Å². The van der Waals surface area contributed by atoms with Gasteiger partial charge in [0, 0.05) is 16.6 Å². The number of rotatable bonds is 4. The lowest BCUT2D eigenvalue weighted by molar-refractivity contribution is 0.0697. The number of nitrogens with zero attached hydrogens (tertiary/aromatic N) is 1. The number of carbonyl (C=O) groups excluding carboxylic acids is 1. The summed E-state index contributed by atoms with van der Waals surface area (Å²) in [5.41, 5.74) is 0.263. The molecule has 0 radical (unpaired) electrons. The summed E-state index contributed by atoms with van der Waals surface area (Å²) < 4.78 is 1.08. The summed E-state index contributed by atoms with van der Waals surface area (Å²) in [5, 5.41) is 11.9. The van der Waals surface area contributed by atoms with Crippen LogP contribution in [0.2, 0.25) is 10.0 Å². The van der Waals surface area contributed by atoms with E-state index in [1.807, 2.05) is 13.8 Å². The van der Waals surface area contributed by atoms with Crippen LogP contribution in [0.3, 0.4) is 0 Å². The van der Waals surface area contributed by atoms with Crippen LogP contribution in [0.25, 0.3) is 0 Å². The molecule has 0 saturated carbocycles. The molecule has 0 fully saturated rings. The van der Waals surface area contributed by atoms with Crippen LogP contribution in [0.5, 0.6) is 0 Å². The summed E-state index contributed by atoms with van der Waals surface area (Å²) in [6.07, 6.45) is 0. The molecule has 1 rings (SSSR count). The van der Waals surface area contributed by atoms with Gasteiger partial charge in [0.05, 0.1) is 17.1 Å². The number of carboxylic acid groups (broad SMARTS) is 1. The smallest absolute Gasteiger partial charge is 0.337 e. The Balaban J connectivity index is 3.00. The van der Waals surface area contributed by atoms with Crippen molar-refractivity contribution in [3.05, 3.63) is 33.3 Å². The molecule has 1 aromatic rings. The van der Waals surface area contributed by atoms with E-state index in [1.165, 1.54) is 12.1 Å². The van der Waals surface area contributed by atoms with Crippen LogP contribution in [-0.2, 0) is 6.54 Å².